The van der Waals surface area contributed by atoms with Gasteiger partial charge in [0.15, 0.2) is 0 Å². The number of sulfonamides is 1. The second kappa shape index (κ2) is 9.13. The average Bonchev–Trinajstić information content (AvgIpc) is 3.14. The molecule has 2 aliphatic rings. The third-order valence-electron chi connectivity index (χ3n) is 7.02. The molecule has 0 atom stereocenters. The van der Waals surface area contributed by atoms with Crippen molar-refractivity contribution >= 4 is 26.8 Å². The van der Waals surface area contributed by atoms with Gasteiger partial charge in [0.25, 0.3) is 0 Å². The van der Waals surface area contributed by atoms with Crippen molar-refractivity contribution in [1.29, 1.82) is 0 Å². The Kier molecular flexibility index (Phi) is 6.18. The van der Waals surface area contributed by atoms with Gasteiger partial charge in [-0.25, -0.2) is 17.5 Å². The first kappa shape index (κ1) is 23.0. The molecule has 0 unspecified atom stereocenters. The Labute approximate surface area is 198 Å². The molecule has 2 fully saturated rings. The molecule has 180 valence electrons. The number of halogens is 1. The highest BCUT2D eigenvalue weighted by atomic mass is 32.2. The van der Waals surface area contributed by atoms with E-state index in [9.17, 15) is 17.6 Å². The third-order valence-corrected chi connectivity index (χ3v) is 8.92. The largest absolute Gasteiger partial charge is 0.381 e. The highest BCUT2D eigenvalue weighted by Gasteiger charge is 2.31. The van der Waals surface area contributed by atoms with Crippen LogP contribution in [0.3, 0.4) is 0 Å². The van der Waals surface area contributed by atoms with Gasteiger partial charge in [0.1, 0.15) is 5.82 Å². The quantitative estimate of drug-likeness (QED) is 0.530. The number of rotatable bonds is 7. The molecule has 1 aliphatic carbocycles. The molecule has 0 spiro atoms. The second-order valence-electron chi connectivity index (χ2n) is 9.08. The number of nitrogens with zero attached hydrogens (tertiary/aromatic N) is 1. The summed E-state index contributed by atoms with van der Waals surface area (Å²) in [4.78, 5) is 12.0. The summed E-state index contributed by atoms with van der Waals surface area (Å²) >= 11 is 0. The molecule has 1 saturated carbocycles. The number of carbonyl (C=O) groups is 1. The minimum Gasteiger partial charge on any atom is -0.381 e. The fraction of sp³-hybridized carbons (Fsp3) is 0.400. The maximum absolute atomic E-state index is 14.8. The van der Waals surface area contributed by atoms with Crippen LogP contribution >= 0.6 is 0 Å². The van der Waals surface area contributed by atoms with E-state index in [1.807, 2.05) is 18.3 Å². The van der Waals surface area contributed by atoms with E-state index in [2.05, 4.69) is 9.29 Å². The maximum atomic E-state index is 14.8. The fourth-order valence-electron chi connectivity index (χ4n) is 4.89. The summed E-state index contributed by atoms with van der Waals surface area (Å²) in [6.07, 6.45) is 5.99. The van der Waals surface area contributed by atoms with Gasteiger partial charge in [-0.15, -0.1) is 0 Å². The van der Waals surface area contributed by atoms with Crippen molar-refractivity contribution in [3.8, 4) is 11.1 Å². The minimum absolute atomic E-state index is 0.122. The van der Waals surface area contributed by atoms with Gasteiger partial charge in [-0.1, -0.05) is 24.6 Å². The molecule has 1 aromatic heterocycles. The monoisotopic (exact) mass is 485 g/mol. The van der Waals surface area contributed by atoms with Gasteiger partial charge in [0, 0.05) is 54.0 Å². The number of carbonyl (C=O) groups excluding carboxylic acids is 1. The van der Waals surface area contributed by atoms with Gasteiger partial charge in [-0.2, -0.15) is 0 Å². The average molecular weight is 486 g/mol. The Morgan fingerprint density at radius 2 is 1.91 bits per heavy atom. The van der Waals surface area contributed by atoms with Crippen LogP contribution in [0, 0.1) is 5.82 Å². The van der Waals surface area contributed by atoms with E-state index in [1.165, 1.54) is 18.2 Å². The van der Waals surface area contributed by atoms with E-state index in [0.717, 1.165) is 35.7 Å². The minimum atomic E-state index is -3.36. The number of aromatic nitrogens is 1. The number of fused-ring (bicyclic) bond motifs is 1. The smallest absolute Gasteiger partial charge is 0.249 e. The predicted molar refractivity (Wildman–Crippen MR) is 128 cm³/mol. The molecule has 1 aliphatic heterocycles. The van der Waals surface area contributed by atoms with Gasteiger partial charge in [0.05, 0.1) is 5.25 Å². The summed E-state index contributed by atoms with van der Waals surface area (Å²) in [7, 11) is -3.36. The first-order chi connectivity index (χ1) is 16.3. The molecule has 34 heavy (non-hydrogen) atoms. The fourth-order valence-corrected chi connectivity index (χ4v) is 6.43. The van der Waals surface area contributed by atoms with Gasteiger partial charge < -0.3 is 15.0 Å². The van der Waals surface area contributed by atoms with Crippen molar-refractivity contribution in [3.63, 3.8) is 0 Å². The Hall–Kier alpha value is -2.75. The second-order valence-corrected chi connectivity index (χ2v) is 11.1. The summed E-state index contributed by atoms with van der Waals surface area (Å²) in [5, 5.41) is 0.583. The number of hydrogen-bond acceptors (Lipinski definition) is 4. The molecule has 2 aromatic carbocycles. The molecule has 2 heterocycles. The SMILES string of the molecule is NC(=O)c1cccc(F)c1-c1ccc2c(CNS(=O)(=O)C3CCC3)cn(C3CCOCC3)c2c1. The molecular formula is C25H28FN3O4S. The number of nitrogens with two attached hydrogens (primary N) is 1. The molecule has 1 amide bonds. The topological polar surface area (TPSA) is 103 Å². The summed E-state index contributed by atoms with van der Waals surface area (Å²) in [6, 6.07) is 9.96. The molecule has 0 bridgehead atoms. The van der Waals surface area contributed by atoms with Gasteiger partial charge in [0.2, 0.25) is 15.9 Å². The van der Waals surface area contributed by atoms with Crippen LogP contribution in [0.2, 0.25) is 0 Å². The van der Waals surface area contributed by atoms with Crippen LogP contribution in [0.5, 0.6) is 0 Å². The van der Waals surface area contributed by atoms with Gasteiger partial charge in [-0.3, -0.25) is 4.79 Å². The van der Waals surface area contributed by atoms with Crippen molar-refractivity contribution in [2.75, 3.05) is 13.2 Å². The van der Waals surface area contributed by atoms with Crippen LogP contribution in [-0.4, -0.2) is 37.4 Å². The van der Waals surface area contributed by atoms with E-state index in [-0.39, 0.29) is 29.0 Å². The predicted octanol–water partition coefficient (Wildman–Crippen LogP) is 3.87. The van der Waals surface area contributed by atoms with Crippen LogP contribution in [-0.2, 0) is 21.3 Å². The summed E-state index contributed by atoms with van der Waals surface area (Å²) in [6.45, 7) is 1.48. The first-order valence-electron chi connectivity index (χ1n) is 11.6. The van der Waals surface area contributed by atoms with Gasteiger partial charge in [-0.05, 0) is 55.0 Å². The number of benzene rings is 2. The van der Waals surface area contributed by atoms with Crippen molar-refractivity contribution in [2.45, 2.75) is 49.9 Å². The van der Waals surface area contributed by atoms with Crippen molar-refractivity contribution in [3.05, 3.63) is 59.5 Å². The first-order valence-corrected chi connectivity index (χ1v) is 13.2. The van der Waals surface area contributed by atoms with E-state index in [0.29, 0.717) is 31.6 Å². The van der Waals surface area contributed by atoms with Crippen LogP contribution in [0.4, 0.5) is 4.39 Å². The zero-order chi connectivity index (χ0) is 23.9. The number of ether oxygens (including phenoxy) is 1. The van der Waals surface area contributed by atoms with Crippen molar-refractivity contribution in [1.82, 2.24) is 9.29 Å². The molecule has 1 saturated heterocycles. The summed E-state index contributed by atoms with van der Waals surface area (Å²) in [5.74, 6) is -1.21. The van der Waals surface area contributed by atoms with Crippen LogP contribution in [0.15, 0.2) is 42.6 Å². The highest BCUT2D eigenvalue weighted by molar-refractivity contribution is 7.90. The molecule has 9 heteroatoms. The van der Waals surface area contributed by atoms with Crippen LogP contribution in [0.25, 0.3) is 22.0 Å². The molecule has 0 radical (unpaired) electrons. The molecule has 5 rings (SSSR count). The lowest BCUT2D eigenvalue weighted by atomic mass is 9.97. The molecular weight excluding hydrogens is 457 g/mol. The Morgan fingerprint density at radius 1 is 1.15 bits per heavy atom. The van der Waals surface area contributed by atoms with Crippen LogP contribution < -0.4 is 10.5 Å². The lowest BCUT2D eigenvalue weighted by molar-refractivity contribution is 0.0707. The Morgan fingerprint density at radius 3 is 2.59 bits per heavy atom. The number of nitrogens with one attached hydrogen (secondary N) is 1. The Bertz CT molecular complexity index is 1340. The summed E-state index contributed by atoms with van der Waals surface area (Å²) < 4.78 is 50.4. The van der Waals surface area contributed by atoms with E-state index in [4.69, 9.17) is 10.5 Å². The van der Waals surface area contributed by atoms with Gasteiger partial charge >= 0.3 is 0 Å². The lowest BCUT2D eigenvalue weighted by Gasteiger charge is -2.25. The number of hydrogen-bond donors (Lipinski definition) is 2. The number of amides is 1. The number of primary amides is 1. The van der Waals surface area contributed by atoms with E-state index < -0.39 is 21.7 Å². The van der Waals surface area contributed by atoms with E-state index in [1.54, 1.807) is 6.07 Å². The lowest BCUT2D eigenvalue weighted by Crippen LogP contribution is -2.38. The van der Waals surface area contributed by atoms with Crippen molar-refractivity contribution < 1.29 is 22.3 Å². The zero-order valence-electron chi connectivity index (χ0n) is 18.8. The normalized spacial score (nSPS) is 17.7. The Balaban J connectivity index is 1.58. The third kappa shape index (κ3) is 4.23. The van der Waals surface area contributed by atoms with Crippen molar-refractivity contribution in [2.24, 2.45) is 5.73 Å². The molecule has 3 N–H and O–H groups in total. The van der Waals surface area contributed by atoms with E-state index >= 15 is 0 Å². The maximum Gasteiger partial charge on any atom is 0.249 e. The molecule has 7 nitrogen and oxygen atoms in total. The van der Waals surface area contributed by atoms with Crippen LogP contribution in [0.1, 0.15) is 54.1 Å². The molecule has 3 aromatic rings. The highest BCUT2D eigenvalue weighted by Crippen LogP contribution is 2.35. The standard InChI is InChI=1S/C25H28FN3O4S/c26-22-6-2-5-21(25(27)30)24(22)16-7-8-20-17(14-28-34(31,32)19-3-1-4-19)15-29(23(20)13-16)18-9-11-33-12-10-18/h2,5-8,13,15,18-19,28H,1,3-4,9-12,14H2,(H2,27,30). The summed E-state index contributed by atoms with van der Waals surface area (Å²) in [5.41, 5.74) is 8.08. The zero-order valence-corrected chi connectivity index (χ0v) is 19.6.